The van der Waals surface area contributed by atoms with Crippen molar-refractivity contribution in [2.75, 3.05) is 0 Å². The van der Waals surface area contributed by atoms with Crippen LogP contribution in [0, 0.1) is 0 Å². The van der Waals surface area contributed by atoms with E-state index in [1.807, 2.05) is 30.3 Å². The van der Waals surface area contributed by atoms with E-state index in [1.54, 1.807) is 18.2 Å². The Hall–Kier alpha value is -2.26. The number of H-pyrrole nitrogens is 1. The molecule has 1 heterocycles. The Bertz CT molecular complexity index is 809. The number of aromatic hydroxyl groups is 1. The van der Waals surface area contributed by atoms with E-state index in [0.29, 0.717) is 16.1 Å². The molecule has 3 aromatic rings. The minimum atomic E-state index is -0.506. The molecule has 19 heavy (non-hydrogen) atoms. The third kappa shape index (κ3) is 1.98. The highest BCUT2D eigenvalue weighted by atomic mass is 35.5. The lowest BCUT2D eigenvalue weighted by Gasteiger charge is -2.09. The molecule has 0 saturated carbocycles. The van der Waals surface area contributed by atoms with Crippen molar-refractivity contribution in [3.8, 4) is 16.9 Å². The van der Waals surface area contributed by atoms with Crippen LogP contribution >= 0.6 is 11.6 Å². The average molecular weight is 272 g/mol. The van der Waals surface area contributed by atoms with Gasteiger partial charge in [0.1, 0.15) is 0 Å². The fourth-order valence-electron chi connectivity index (χ4n) is 2.15. The summed E-state index contributed by atoms with van der Waals surface area (Å²) in [5.74, 6) is -0.291. The molecular weight excluding hydrogens is 262 g/mol. The maximum absolute atomic E-state index is 11.8. The number of rotatable bonds is 1. The zero-order valence-corrected chi connectivity index (χ0v) is 10.6. The minimum Gasteiger partial charge on any atom is -0.503 e. The van der Waals surface area contributed by atoms with Gasteiger partial charge in [0.2, 0.25) is 0 Å². The van der Waals surface area contributed by atoms with Crippen LogP contribution in [0.15, 0.2) is 53.3 Å². The standard InChI is InChI=1S/C15H10ClNO2/c16-10-6-7-12-11(8-10)13(14(18)15(19)17-12)9-4-2-1-3-5-9/h1-8,18H,(H,17,19). The van der Waals surface area contributed by atoms with E-state index in [1.165, 1.54) is 0 Å². The van der Waals surface area contributed by atoms with Crippen molar-refractivity contribution < 1.29 is 5.11 Å². The zero-order valence-electron chi connectivity index (χ0n) is 9.85. The zero-order chi connectivity index (χ0) is 13.4. The summed E-state index contributed by atoms with van der Waals surface area (Å²) in [5.41, 5.74) is 1.42. The van der Waals surface area contributed by atoms with Crippen molar-refractivity contribution in [2.24, 2.45) is 0 Å². The molecule has 0 saturated heterocycles. The molecule has 94 valence electrons. The van der Waals surface area contributed by atoms with Crippen molar-refractivity contribution in [3.63, 3.8) is 0 Å². The Morgan fingerprint density at radius 3 is 2.53 bits per heavy atom. The van der Waals surface area contributed by atoms with Gasteiger partial charge in [-0.15, -0.1) is 0 Å². The van der Waals surface area contributed by atoms with Gasteiger partial charge in [-0.2, -0.15) is 0 Å². The van der Waals surface area contributed by atoms with Crippen molar-refractivity contribution >= 4 is 22.5 Å². The van der Waals surface area contributed by atoms with Crippen LogP contribution in [0.3, 0.4) is 0 Å². The van der Waals surface area contributed by atoms with Gasteiger partial charge in [-0.3, -0.25) is 4.79 Å². The van der Waals surface area contributed by atoms with E-state index >= 15 is 0 Å². The van der Waals surface area contributed by atoms with Crippen molar-refractivity contribution in [1.29, 1.82) is 0 Å². The molecule has 2 N–H and O–H groups in total. The average Bonchev–Trinajstić information content (AvgIpc) is 2.42. The fraction of sp³-hybridized carbons (Fsp3) is 0. The number of nitrogens with one attached hydrogen (secondary N) is 1. The molecule has 3 nitrogen and oxygen atoms in total. The number of fused-ring (bicyclic) bond motifs is 1. The Labute approximate surface area is 114 Å². The van der Waals surface area contributed by atoms with Gasteiger partial charge >= 0.3 is 0 Å². The first-order valence-corrected chi connectivity index (χ1v) is 6.14. The fourth-order valence-corrected chi connectivity index (χ4v) is 2.32. The molecule has 0 radical (unpaired) electrons. The van der Waals surface area contributed by atoms with Gasteiger partial charge in [0.25, 0.3) is 5.56 Å². The molecule has 0 fully saturated rings. The summed E-state index contributed by atoms with van der Waals surface area (Å²) >= 11 is 6.00. The molecule has 3 rings (SSSR count). The van der Waals surface area contributed by atoms with Crippen LogP contribution in [0.2, 0.25) is 5.02 Å². The second kappa shape index (κ2) is 4.44. The molecular formula is C15H10ClNO2. The molecule has 0 atom stereocenters. The van der Waals surface area contributed by atoms with E-state index in [-0.39, 0.29) is 5.75 Å². The highest BCUT2D eigenvalue weighted by Gasteiger charge is 2.13. The Kier molecular flexibility index (Phi) is 2.76. The molecule has 0 aliphatic rings. The lowest BCUT2D eigenvalue weighted by atomic mass is 10.0. The van der Waals surface area contributed by atoms with Crippen LogP contribution in [0.4, 0.5) is 0 Å². The summed E-state index contributed by atoms with van der Waals surface area (Å²) in [4.78, 5) is 14.4. The van der Waals surface area contributed by atoms with Crippen LogP contribution in [0.25, 0.3) is 22.0 Å². The van der Waals surface area contributed by atoms with E-state index < -0.39 is 5.56 Å². The number of hydrogen-bond acceptors (Lipinski definition) is 2. The monoisotopic (exact) mass is 271 g/mol. The Morgan fingerprint density at radius 1 is 1.05 bits per heavy atom. The molecule has 4 heteroatoms. The summed E-state index contributed by atoms with van der Waals surface area (Å²) in [6, 6.07) is 14.4. The number of benzene rings is 2. The lowest BCUT2D eigenvalue weighted by Crippen LogP contribution is -2.06. The summed E-state index contributed by atoms with van der Waals surface area (Å²) in [6.45, 7) is 0. The Balaban J connectivity index is 2.48. The van der Waals surface area contributed by atoms with Gasteiger partial charge in [0.15, 0.2) is 5.75 Å². The number of aromatic nitrogens is 1. The van der Waals surface area contributed by atoms with Crippen LogP contribution < -0.4 is 5.56 Å². The molecule has 0 spiro atoms. The third-order valence-electron chi connectivity index (χ3n) is 3.01. The molecule has 1 aromatic heterocycles. The van der Waals surface area contributed by atoms with E-state index in [9.17, 15) is 9.90 Å². The first-order chi connectivity index (χ1) is 9.16. The molecule has 0 unspecified atom stereocenters. The second-order valence-electron chi connectivity index (χ2n) is 4.23. The van der Waals surface area contributed by atoms with Crippen LogP contribution in [0.1, 0.15) is 0 Å². The molecule has 0 aliphatic carbocycles. The summed E-state index contributed by atoms with van der Waals surface area (Å²) in [6.07, 6.45) is 0. The maximum atomic E-state index is 11.8. The van der Waals surface area contributed by atoms with Gasteiger partial charge < -0.3 is 10.1 Å². The largest absolute Gasteiger partial charge is 0.503 e. The van der Waals surface area contributed by atoms with E-state index in [0.717, 1.165) is 10.9 Å². The maximum Gasteiger partial charge on any atom is 0.291 e. The molecule has 0 bridgehead atoms. The number of hydrogen-bond donors (Lipinski definition) is 2. The smallest absolute Gasteiger partial charge is 0.291 e. The quantitative estimate of drug-likeness (QED) is 0.711. The minimum absolute atomic E-state index is 0.291. The topological polar surface area (TPSA) is 53.1 Å². The van der Waals surface area contributed by atoms with Crippen LogP contribution in [-0.4, -0.2) is 10.1 Å². The highest BCUT2D eigenvalue weighted by Crippen LogP contribution is 2.33. The summed E-state index contributed by atoms with van der Waals surface area (Å²) in [5, 5.41) is 11.3. The van der Waals surface area contributed by atoms with Crippen molar-refractivity contribution in [3.05, 3.63) is 63.9 Å². The lowest BCUT2D eigenvalue weighted by molar-refractivity contribution is 0.470. The van der Waals surface area contributed by atoms with Crippen molar-refractivity contribution in [1.82, 2.24) is 4.98 Å². The molecule has 0 amide bonds. The Morgan fingerprint density at radius 2 is 1.79 bits per heavy atom. The van der Waals surface area contributed by atoms with E-state index in [2.05, 4.69) is 4.98 Å². The van der Waals surface area contributed by atoms with Crippen LogP contribution in [-0.2, 0) is 0 Å². The van der Waals surface area contributed by atoms with Crippen LogP contribution in [0.5, 0.6) is 5.75 Å². The predicted molar refractivity (Wildman–Crippen MR) is 76.7 cm³/mol. The van der Waals surface area contributed by atoms with Gasteiger partial charge in [-0.05, 0) is 23.8 Å². The van der Waals surface area contributed by atoms with Crippen molar-refractivity contribution in [2.45, 2.75) is 0 Å². The van der Waals surface area contributed by atoms with E-state index in [4.69, 9.17) is 11.6 Å². The summed E-state index contributed by atoms with van der Waals surface area (Å²) in [7, 11) is 0. The van der Waals surface area contributed by atoms with Gasteiger partial charge in [0.05, 0.1) is 0 Å². The number of halogens is 1. The first kappa shape index (κ1) is 11.8. The second-order valence-corrected chi connectivity index (χ2v) is 4.67. The summed E-state index contributed by atoms with van der Waals surface area (Å²) < 4.78 is 0. The molecule has 0 aliphatic heterocycles. The third-order valence-corrected chi connectivity index (χ3v) is 3.25. The van der Waals surface area contributed by atoms with Gasteiger partial charge in [-0.25, -0.2) is 0 Å². The number of pyridine rings is 1. The molecule has 2 aromatic carbocycles. The normalized spacial score (nSPS) is 10.8. The van der Waals surface area contributed by atoms with Gasteiger partial charge in [0, 0.05) is 21.5 Å². The first-order valence-electron chi connectivity index (χ1n) is 5.77. The predicted octanol–water partition coefficient (Wildman–Crippen LogP) is 3.55. The number of aromatic amines is 1. The SMILES string of the molecule is O=c1[nH]c2ccc(Cl)cc2c(-c2ccccc2)c1O. The highest BCUT2D eigenvalue weighted by molar-refractivity contribution is 6.31. The van der Waals surface area contributed by atoms with Gasteiger partial charge in [-0.1, -0.05) is 41.9 Å².